The molecule has 0 unspecified atom stereocenters. The van der Waals surface area contributed by atoms with Crippen LogP contribution in [-0.2, 0) is 12.7 Å². The largest absolute Gasteiger partial charge is 0.416 e. The summed E-state index contributed by atoms with van der Waals surface area (Å²) < 4.78 is 40.2. The molecular formula is C16H20F3N5. The fourth-order valence-electron chi connectivity index (χ4n) is 2.87. The van der Waals surface area contributed by atoms with Crippen LogP contribution in [0.3, 0.4) is 0 Å². The number of aromatic nitrogens is 3. The third kappa shape index (κ3) is 3.76. The van der Waals surface area contributed by atoms with Gasteiger partial charge in [-0.3, -0.25) is 4.90 Å². The van der Waals surface area contributed by atoms with Crippen molar-refractivity contribution in [2.24, 2.45) is 0 Å². The molecule has 1 aromatic carbocycles. The Morgan fingerprint density at radius 1 is 1.08 bits per heavy atom. The molecule has 1 saturated heterocycles. The fraction of sp³-hybridized carbons (Fsp3) is 0.500. The number of piperazine rings is 1. The Labute approximate surface area is 138 Å². The molecule has 0 radical (unpaired) electrons. The molecule has 5 nitrogen and oxygen atoms in total. The van der Waals surface area contributed by atoms with E-state index in [4.69, 9.17) is 0 Å². The van der Waals surface area contributed by atoms with Crippen molar-refractivity contribution >= 4 is 0 Å². The summed E-state index contributed by atoms with van der Waals surface area (Å²) in [6, 6.07) is 5.17. The highest BCUT2D eigenvalue weighted by Crippen LogP contribution is 2.30. The SMILES string of the molecule is CCN1CCN(Cc2ncnn2-c2cccc(C(F)(F)F)c2)CC1. The third-order valence-electron chi connectivity index (χ3n) is 4.31. The molecule has 2 aromatic rings. The zero-order valence-corrected chi connectivity index (χ0v) is 13.5. The second-order valence-electron chi connectivity index (χ2n) is 5.85. The van der Waals surface area contributed by atoms with E-state index in [0.29, 0.717) is 18.1 Å². The molecule has 0 atom stereocenters. The third-order valence-corrected chi connectivity index (χ3v) is 4.31. The minimum absolute atomic E-state index is 0.379. The molecule has 0 N–H and O–H groups in total. The van der Waals surface area contributed by atoms with E-state index in [-0.39, 0.29) is 0 Å². The number of hydrogen-bond acceptors (Lipinski definition) is 4. The van der Waals surface area contributed by atoms with Crippen molar-refractivity contribution in [3.63, 3.8) is 0 Å². The topological polar surface area (TPSA) is 37.2 Å². The van der Waals surface area contributed by atoms with Gasteiger partial charge in [0.15, 0.2) is 0 Å². The molecule has 130 valence electrons. The molecule has 0 amide bonds. The molecule has 3 rings (SSSR count). The Hall–Kier alpha value is -1.93. The highest BCUT2D eigenvalue weighted by molar-refractivity contribution is 5.36. The second-order valence-corrected chi connectivity index (χ2v) is 5.85. The summed E-state index contributed by atoms with van der Waals surface area (Å²) in [6.45, 7) is 7.58. The lowest BCUT2D eigenvalue weighted by Crippen LogP contribution is -2.45. The van der Waals surface area contributed by atoms with Crippen LogP contribution < -0.4 is 0 Å². The van der Waals surface area contributed by atoms with Crippen molar-refractivity contribution in [2.75, 3.05) is 32.7 Å². The summed E-state index contributed by atoms with van der Waals surface area (Å²) in [6.07, 6.45) is -2.98. The van der Waals surface area contributed by atoms with Crippen molar-refractivity contribution in [1.29, 1.82) is 0 Å². The number of hydrogen-bond donors (Lipinski definition) is 0. The zero-order chi connectivity index (χ0) is 17.2. The second kappa shape index (κ2) is 6.90. The summed E-state index contributed by atoms with van der Waals surface area (Å²) in [5.41, 5.74) is -0.303. The van der Waals surface area contributed by atoms with Gasteiger partial charge in [0.1, 0.15) is 12.2 Å². The predicted octanol–water partition coefficient (Wildman–Crippen LogP) is 2.42. The van der Waals surface area contributed by atoms with Crippen LogP contribution in [0, 0.1) is 0 Å². The molecule has 8 heteroatoms. The van der Waals surface area contributed by atoms with Gasteiger partial charge >= 0.3 is 6.18 Å². The van der Waals surface area contributed by atoms with Gasteiger partial charge in [0.2, 0.25) is 0 Å². The van der Waals surface area contributed by atoms with Gasteiger partial charge in [-0.25, -0.2) is 9.67 Å². The molecule has 1 aliphatic rings. The maximum atomic E-state index is 12.9. The van der Waals surface area contributed by atoms with Crippen molar-refractivity contribution in [2.45, 2.75) is 19.6 Å². The van der Waals surface area contributed by atoms with Gasteiger partial charge in [-0.2, -0.15) is 18.3 Å². The van der Waals surface area contributed by atoms with Crippen molar-refractivity contribution in [3.8, 4) is 5.69 Å². The fourth-order valence-corrected chi connectivity index (χ4v) is 2.87. The smallest absolute Gasteiger partial charge is 0.301 e. The molecule has 0 aliphatic carbocycles. The molecule has 0 saturated carbocycles. The maximum absolute atomic E-state index is 12.9. The van der Waals surface area contributed by atoms with E-state index < -0.39 is 11.7 Å². The average Bonchev–Trinajstić information content (AvgIpc) is 3.03. The number of rotatable bonds is 4. The summed E-state index contributed by atoms with van der Waals surface area (Å²) in [7, 11) is 0. The summed E-state index contributed by atoms with van der Waals surface area (Å²) in [5.74, 6) is 0.652. The van der Waals surface area contributed by atoms with Crippen LogP contribution in [0.2, 0.25) is 0 Å². The number of likely N-dealkylation sites (N-methyl/N-ethyl adjacent to an activating group) is 1. The van der Waals surface area contributed by atoms with Crippen LogP contribution in [0.5, 0.6) is 0 Å². The van der Waals surface area contributed by atoms with Gasteiger partial charge in [0.25, 0.3) is 0 Å². The van der Waals surface area contributed by atoms with Crippen LogP contribution in [0.15, 0.2) is 30.6 Å². The van der Waals surface area contributed by atoms with E-state index in [1.165, 1.54) is 17.1 Å². The number of benzene rings is 1. The van der Waals surface area contributed by atoms with Gasteiger partial charge in [0, 0.05) is 26.2 Å². The number of halogens is 3. The minimum Gasteiger partial charge on any atom is -0.301 e. The Morgan fingerprint density at radius 3 is 2.46 bits per heavy atom. The Balaban J connectivity index is 1.76. The summed E-state index contributed by atoms with van der Waals surface area (Å²) in [4.78, 5) is 8.85. The lowest BCUT2D eigenvalue weighted by molar-refractivity contribution is -0.137. The Kier molecular flexibility index (Phi) is 4.86. The van der Waals surface area contributed by atoms with Gasteiger partial charge in [-0.1, -0.05) is 13.0 Å². The molecule has 0 bridgehead atoms. The van der Waals surface area contributed by atoms with Crippen molar-refractivity contribution < 1.29 is 13.2 Å². The van der Waals surface area contributed by atoms with Crippen LogP contribution in [0.25, 0.3) is 5.69 Å². The normalized spacial score (nSPS) is 17.3. The monoisotopic (exact) mass is 339 g/mol. The highest BCUT2D eigenvalue weighted by atomic mass is 19.4. The number of alkyl halides is 3. The van der Waals surface area contributed by atoms with E-state index in [2.05, 4.69) is 26.8 Å². The first-order valence-electron chi connectivity index (χ1n) is 7.98. The highest BCUT2D eigenvalue weighted by Gasteiger charge is 2.30. The summed E-state index contributed by atoms with van der Waals surface area (Å²) in [5, 5.41) is 4.11. The molecular weight excluding hydrogens is 319 g/mol. The van der Waals surface area contributed by atoms with Gasteiger partial charge in [-0.05, 0) is 24.7 Å². The van der Waals surface area contributed by atoms with E-state index in [0.717, 1.165) is 44.9 Å². The van der Waals surface area contributed by atoms with Crippen LogP contribution in [0.4, 0.5) is 13.2 Å². The molecule has 1 fully saturated rings. The first-order valence-corrected chi connectivity index (χ1v) is 7.98. The minimum atomic E-state index is -4.37. The molecule has 24 heavy (non-hydrogen) atoms. The Morgan fingerprint density at radius 2 is 1.79 bits per heavy atom. The van der Waals surface area contributed by atoms with Crippen molar-refractivity contribution in [1.82, 2.24) is 24.6 Å². The van der Waals surface area contributed by atoms with Crippen LogP contribution >= 0.6 is 0 Å². The molecule has 2 heterocycles. The van der Waals surface area contributed by atoms with Gasteiger partial charge in [-0.15, -0.1) is 0 Å². The van der Waals surface area contributed by atoms with Gasteiger partial charge in [0.05, 0.1) is 17.8 Å². The lowest BCUT2D eigenvalue weighted by Gasteiger charge is -2.33. The van der Waals surface area contributed by atoms with E-state index in [1.54, 1.807) is 6.07 Å². The lowest BCUT2D eigenvalue weighted by atomic mass is 10.2. The first-order chi connectivity index (χ1) is 11.5. The van der Waals surface area contributed by atoms with Crippen LogP contribution in [0.1, 0.15) is 18.3 Å². The van der Waals surface area contributed by atoms with E-state index >= 15 is 0 Å². The quantitative estimate of drug-likeness (QED) is 0.857. The van der Waals surface area contributed by atoms with Crippen LogP contribution in [-0.4, -0.2) is 57.3 Å². The summed E-state index contributed by atoms with van der Waals surface area (Å²) >= 11 is 0. The zero-order valence-electron chi connectivity index (χ0n) is 13.5. The molecule has 0 spiro atoms. The molecule has 1 aromatic heterocycles. The van der Waals surface area contributed by atoms with Gasteiger partial charge < -0.3 is 4.90 Å². The first kappa shape index (κ1) is 16.9. The molecule has 1 aliphatic heterocycles. The predicted molar refractivity (Wildman–Crippen MR) is 83.8 cm³/mol. The number of nitrogens with zero attached hydrogens (tertiary/aromatic N) is 5. The Bertz CT molecular complexity index is 674. The van der Waals surface area contributed by atoms with Crippen molar-refractivity contribution in [3.05, 3.63) is 42.0 Å². The average molecular weight is 339 g/mol. The van der Waals surface area contributed by atoms with E-state index in [9.17, 15) is 13.2 Å². The standard InChI is InChI=1S/C16H20F3N5/c1-2-22-6-8-23(9-7-22)11-15-20-12-21-24(15)14-5-3-4-13(10-14)16(17,18)19/h3-5,10,12H,2,6-9,11H2,1H3. The maximum Gasteiger partial charge on any atom is 0.416 e. The van der Waals surface area contributed by atoms with E-state index in [1.807, 2.05) is 0 Å².